The summed E-state index contributed by atoms with van der Waals surface area (Å²) < 4.78 is 28.3. The minimum Gasteiger partial charge on any atom is -0.384 e. The van der Waals surface area contributed by atoms with Gasteiger partial charge in [-0.05, 0) is 43.2 Å². The largest absolute Gasteiger partial charge is 0.384 e. The number of rotatable bonds is 8. The van der Waals surface area contributed by atoms with Crippen molar-refractivity contribution in [1.82, 2.24) is 4.72 Å². The summed E-state index contributed by atoms with van der Waals surface area (Å²) in [5.74, 6) is -0.641. The van der Waals surface area contributed by atoms with Gasteiger partial charge in [-0.1, -0.05) is 60.2 Å². The van der Waals surface area contributed by atoms with Crippen molar-refractivity contribution in [1.29, 1.82) is 5.41 Å². The Balaban J connectivity index is 1.86. The molecule has 3 aromatic rings. The van der Waals surface area contributed by atoms with Gasteiger partial charge in [0.05, 0.1) is 4.90 Å². The van der Waals surface area contributed by atoms with Crippen LogP contribution in [0.3, 0.4) is 0 Å². The molecule has 5 N–H and O–H groups in total. The molecule has 0 fully saturated rings. The fraction of sp³-hybridized carbons (Fsp3) is 0.130. The van der Waals surface area contributed by atoms with Crippen LogP contribution in [0.4, 0.5) is 5.69 Å². The van der Waals surface area contributed by atoms with E-state index < -0.39 is 22.0 Å². The van der Waals surface area contributed by atoms with Crippen LogP contribution in [0, 0.1) is 12.3 Å². The minimum absolute atomic E-state index is 0.0857. The van der Waals surface area contributed by atoms with Crippen molar-refractivity contribution in [3.8, 4) is 0 Å². The molecule has 31 heavy (non-hydrogen) atoms. The molecule has 160 valence electrons. The van der Waals surface area contributed by atoms with Gasteiger partial charge >= 0.3 is 0 Å². The molecule has 0 aromatic heterocycles. The maximum Gasteiger partial charge on any atom is 0.242 e. The number of benzene rings is 3. The van der Waals surface area contributed by atoms with E-state index in [1.807, 2.05) is 37.3 Å². The van der Waals surface area contributed by atoms with Crippen LogP contribution < -0.4 is 15.8 Å². The average molecular weight is 437 g/mol. The molecular weight excluding hydrogens is 412 g/mol. The van der Waals surface area contributed by atoms with E-state index in [4.69, 9.17) is 11.1 Å². The Morgan fingerprint density at radius 3 is 2.32 bits per heavy atom. The van der Waals surface area contributed by atoms with Crippen LogP contribution in [0.25, 0.3) is 0 Å². The highest BCUT2D eigenvalue weighted by Gasteiger charge is 2.26. The highest BCUT2D eigenvalue weighted by atomic mass is 32.2. The standard InChI is InChI=1S/C23H24N4O3S/c1-16-10-12-20(13-11-16)31(29,30)27-21(14-17-6-3-2-4-7-17)23(28)26-19-9-5-8-18(15-19)22(24)25/h2-13,15,21,27H,14H2,1H3,(H3,24,25)(H,26,28). The summed E-state index contributed by atoms with van der Waals surface area (Å²) in [7, 11) is -3.92. The van der Waals surface area contributed by atoms with Crippen LogP contribution in [-0.4, -0.2) is 26.2 Å². The second-order valence-electron chi connectivity index (χ2n) is 7.16. The third-order valence-corrected chi connectivity index (χ3v) is 6.16. The van der Waals surface area contributed by atoms with E-state index in [0.29, 0.717) is 11.3 Å². The van der Waals surface area contributed by atoms with Crippen molar-refractivity contribution in [2.24, 2.45) is 5.73 Å². The first-order valence-corrected chi connectivity index (χ1v) is 11.1. The SMILES string of the molecule is Cc1ccc(S(=O)(=O)NC(Cc2ccccc2)C(=O)Nc2cccc(C(=N)N)c2)cc1. The third kappa shape index (κ3) is 6.00. The number of anilines is 1. The van der Waals surface area contributed by atoms with Crippen LogP contribution >= 0.6 is 0 Å². The molecule has 0 radical (unpaired) electrons. The molecule has 0 spiro atoms. The van der Waals surface area contributed by atoms with Crippen molar-refractivity contribution in [2.45, 2.75) is 24.3 Å². The highest BCUT2D eigenvalue weighted by Crippen LogP contribution is 2.15. The number of amides is 1. The molecule has 0 aliphatic carbocycles. The Hall–Kier alpha value is -3.49. The summed E-state index contributed by atoms with van der Waals surface area (Å²) >= 11 is 0. The number of amidine groups is 1. The predicted molar refractivity (Wildman–Crippen MR) is 122 cm³/mol. The molecule has 1 atom stereocenters. The highest BCUT2D eigenvalue weighted by molar-refractivity contribution is 7.89. The molecule has 1 unspecified atom stereocenters. The van der Waals surface area contributed by atoms with E-state index in [9.17, 15) is 13.2 Å². The van der Waals surface area contributed by atoms with Crippen LogP contribution in [-0.2, 0) is 21.2 Å². The van der Waals surface area contributed by atoms with Gasteiger partial charge < -0.3 is 11.1 Å². The number of carbonyl (C=O) groups excluding carboxylic acids is 1. The Labute approximate surface area is 181 Å². The first kappa shape index (κ1) is 22.2. The quantitative estimate of drug-likeness (QED) is 0.320. The van der Waals surface area contributed by atoms with Gasteiger partial charge in [0.15, 0.2) is 0 Å². The van der Waals surface area contributed by atoms with Gasteiger partial charge in [0.1, 0.15) is 11.9 Å². The molecule has 0 aliphatic rings. The number of nitrogens with two attached hydrogens (primary N) is 1. The Morgan fingerprint density at radius 1 is 1.00 bits per heavy atom. The summed E-state index contributed by atoms with van der Waals surface area (Å²) in [6.07, 6.45) is 0.171. The van der Waals surface area contributed by atoms with Crippen molar-refractivity contribution in [2.75, 3.05) is 5.32 Å². The lowest BCUT2D eigenvalue weighted by molar-refractivity contribution is -0.117. The van der Waals surface area contributed by atoms with Gasteiger partial charge in [0.2, 0.25) is 15.9 Å². The fourth-order valence-electron chi connectivity index (χ4n) is 3.00. The van der Waals surface area contributed by atoms with E-state index in [1.165, 1.54) is 12.1 Å². The monoisotopic (exact) mass is 436 g/mol. The van der Waals surface area contributed by atoms with Crippen LogP contribution in [0.1, 0.15) is 16.7 Å². The molecule has 0 bridgehead atoms. The number of nitrogens with one attached hydrogen (secondary N) is 3. The minimum atomic E-state index is -3.92. The molecule has 0 saturated heterocycles. The molecule has 7 nitrogen and oxygen atoms in total. The molecular formula is C23H24N4O3S. The number of hydrogen-bond donors (Lipinski definition) is 4. The first-order chi connectivity index (χ1) is 14.7. The lowest BCUT2D eigenvalue weighted by atomic mass is 10.1. The lowest BCUT2D eigenvalue weighted by Crippen LogP contribution is -2.45. The van der Waals surface area contributed by atoms with E-state index in [2.05, 4.69) is 10.0 Å². The second-order valence-corrected chi connectivity index (χ2v) is 8.87. The summed E-state index contributed by atoms with van der Waals surface area (Å²) in [6, 6.07) is 21.1. The lowest BCUT2D eigenvalue weighted by Gasteiger charge is -2.19. The predicted octanol–water partition coefficient (Wildman–Crippen LogP) is 2.81. The molecule has 0 heterocycles. The zero-order chi connectivity index (χ0) is 22.4. The number of carbonyl (C=O) groups is 1. The Kier molecular flexibility index (Phi) is 6.84. The molecule has 3 aromatic carbocycles. The van der Waals surface area contributed by atoms with Crippen LogP contribution in [0.2, 0.25) is 0 Å². The third-order valence-electron chi connectivity index (χ3n) is 4.67. The molecule has 0 saturated carbocycles. The number of aryl methyl sites for hydroxylation is 1. The van der Waals surface area contributed by atoms with Crippen LogP contribution in [0.5, 0.6) is 0 Å². The molecule has 8 heteroatoms. The van der Waals surface area contributed by atoms with Gasteiger partial charge in [0, 0.05) is 11.3 Å². The van der Waals surface area contributed by atoms with Crippen molar-refractivity contribution in [3.63, 3.8) is 0 Å². The van der Waals surface area contributed by atoms with E-state index in [-0.39, 0.29) is 17.2 Å². The maximum absolute atomic E-state index is 13.0. The van der Waals surface area contributed by atoms with E-state index in [1.54, 1.807) is 36.4 Å². The van der Waals surface area contributed by atoms with Gasteiger partial charge in [-0.25, -0.2) is 8.42 Å². The molecule has 1 amide bonds. The smallest absolute Gasteiger partial charge is 0.242 e. The van der Waals surface area contributed by atoms with E-state index >= 15 is 0 Å². The second kappa shape index (κ2) is 9.55. The van der Waals surface area contributed by atoms with Gasteiger partial charge in [-0.3, -0.25) is 10.2 Å². The van der Waals surface area contributed by atoms with Crippen molar-refractivity contribution < 1.29 is 13.2 Å². The average Bonchev–Trinajstić information content (AvgIpc) is 2.74. The zero-order valence-electron chi connectivity index (χ0n) is 17.0. The summed E-state index contributed by atoms with van der Waals surface area (Å²) in [5.41, 5.74) is 8.14. The zero-order valence-corrected chi connectivity index (χ0v) is 17.8. The Morgan fingerprint density at radius 2 is 1.68 bits per heavy atom. The first-order valence-electron chi connectivity index (χ1n) is 9.63. The molecule has 3 rings (SSSR count). The topological polar surface area (TPSA) is 125 Å². The number of sulfonamides is 1. The maximum atomic E-state index is 13.0. The number of nitrogen functional groups attached to an aromatic ring is 1. The number of hydrogen-bond acceptors (Lipinski definition) is 4. The Bertz CT molecular complexity index is 1180. The summed E-state index contributed by atoms with van der Waals surface area (Å²) in [5, 5.41) is 10.3. The normalized spacial score (nSPS) is 12.2. The molecule has 0 aliphatic heterocycles. The van der Waals surface area contributed by atoms with Gasteiger partial charge in [-0.15, -0.1) is 0 Å². The summed E-state index contributed by atoms with van der Waals surface area (Å²) in [4.78, 5) is 13.1. The summed E-state index contributed by atoms with van der Waals surface area (Å²) in [6.45, 7) is 1.87. The van der Waals surface area contributed by atoms with Crippen molar-refractivity contribution in [3.05, 3.63) is 95.6 Å². The van der Waals surface area contributed by atoms with Gasteiger partial charge in [0.25, 0.3) is 0 Å². The fourth-order valence-corrected chi connectivity index (χ4v) is 4.20. The van der Waals surface area contributed by atoms with E-state index in [0.717, 1.165) is 11.1 Å². The van der Waals surface area contributed by atoms with Crippen LogP contribution in [0.15, 0.2) is 83.8 Å². The van der Waals surface area contributed by atoms with Crippen molar-refractivity contribution >= 4 is 27.5 Å². The van der Waals surface area contributed by atoms with Gasteiger partial charge in [-0.2, -0.15) is 4.72 Å².